The molecule has 1 aromatic heterocycles. The van der Waals surface area contributed by atoms with E-state index in [9.17, 15) is 21.6 Å². The molecule has 0 aromatic carbocycles. The van der Waals surface area contributed by atoms with Crippen LogP contribution in [0.25, 0.3) is 0 Å². The number of nitrogens with zero attached hydrogens (tertiary/aromatic N) is 1. The van der Waals surface area contributed by atoms with Gasteiger partial charge in [-0.15, -0.1) is 0 Å². The van der Waals surface area contributed by atoms with Crippen LogP contribution in [0, 0.1) is 6.92 Å². The minimum Gasteiger partial charge on any atom is -0.315 e. The molecule has 1 rings (SSSR count). The summed E-state index contributed by atoms with van der Waals surface area (Å²) in [6.07, 6.45) is 1.46. The average molecular weight is 357 g/mol. The van der Waals surface area contributed by atoms with Gasteiger partial charge in [0.1, 0.15) is 0 Å². The van der Waals surface area contributed by atoms with Crippen molar-refractivity contribution in [1.82, 2.24) is 14.0 Å². The fourth-order valence-electron chi connectivity index (χ4n) is 1.73. The lowest BCUT2D eigenvalue weighted by atomic mass is 10.4. The molecule has 1 aromatic rings. The van der Waals surface area contributed by atoms with Crippen molar-refractivity contribution in [3.8, 4) is 0 Å². The van der Waals surface area contributed by atoms with Crippen molar-refractivity contribution in [1.29, 1.82) is 0 Å². The Morgan fingerprint density at radius 3 is 2.33 bits per heavy atom. The van der Waals surface area contributed by atoms with E-state index in [2.05, 4.69) is 9.71 Å². The number of aromatic nitrogens is 1. The first kappa shape index (κ1) is 18.3. The highest BCUT2D eigenvalue weighted by Crippen LogP contribution is 2.15. The van der Waals surface area contributed by atoms with Gasteiger partial charge in [0.2, 0.25) is 10.0 Å². The average Bonchev–Trinajstić information content (AvgIpc) is 2.67. The molecule has 0 bridgehead atoms. The Morgan fingerprint density at radius 2 is 1.90 bits per heavy atom. The highest BCUT2D eigenvalue weighted by atomic mass is 32.2. The minimum atomic E-state index is -3.74. The standard InChI is InChI=1S/C10H19N3O5S3/c1-4-13(20(3,15)16)7-5-6-11-21(17,18)9-8(2)12-10(14)19-9/h11H,4-7H2,1-3H3,(H,12,14). The minimum absolute atomic E-state index is 0.0389. The van der Waals surface area contributed by atoms with Crippen molar-refractivity contribution in [2.24, 2.45) is 0 Å². The van der Waals surface area contributed by atoms with E-state index in [-0.39, 0.29) is 17.3 Å². The van der Waals surface area contributed by atoms with Gasteiger partial charge in [0.05, 0.1) is 6.26 Å². The van der Waals surface area contributed by atoms with Crippen LogP contribution < -0.4 is 9.60 Å². The molecule has 1 heterocycles. The van der Waals surface area contributed by atoms with Gasteiger partial charge in [0.25, 0.3) is 10.0 Å². The molecule has 2 N–H and O–H groups in total. The molecule has 11 heteroatoms. The Balaban J connectivity index is 2.60. The molecular weight excluding hydrogens is 338 g/mol. The lowest BCUT2D eigenvalue weighted by molar-refractivity contribution is 0.424. The third-order valence-electron chi connectivity index (χ3n) is 2.72. The van der Waals surface area contributed by atoms with Crippen LogP contribution in [0.5, 0.6) is 0 Å². The van der Waals surface area contributed by atoms with Crippen LogP contribution in [0.4, 0.5) is 0 Å². The summed E-state index contributed by atoms with van der Waals surface area (Å²) in [6.45, 7) is 3.89. The van der Waals surface area contributed by atoms with E-state index in [0.717, 1.165) is 6.26 Å². The molecular formula is C10H19N3O5S3. The molecule has 0 saturated heterocycles. The van der Waals surface area contributed by atoms with Gasteiger partial charge in [-0.05, 0) is 13.3 Å². The van der Waals surface area contributed by atoms with Crippen LogP contribution >= 0.6 is 11.3 Å². The monoisotopic (exact) mass is 357 g/mol. The van der Waals surface area contributed by atoms with Crippen molar-refractivity contribution < 1.29 is 16.8 Å². The number of nitrogens with one attached hydrogen (secondary N) is 2. The Hall–Kier alpha value is -0.750. The van der Waals surface area contributed by atoms with Crippen molar-refractivity contribution in [2.75, 3.05) is 25.9 Å². The second-order valence-corrected chi connectivity index (χ2v) is 9.36. The van der Waals surface area contributed by atoms with Crippen LogP contribution in [0.2, 0.25) is 0 Å². The molecule has 0 aliphatic rings. The zero-order valence-corrected chi connectivity index (χ0v) is 14.5. The highest BCUT2D eigenvalue weighted by molar-refractivity contribution is 7.91. The van der Waals surface area contributed by atoms with Crippen LogP contribution in [0.3, 0.4) is 0 Å². The van der Waals surface area contributed by atoms with Gasteiger partial charge in [0.15, 0.2) is 4.21 Å². The fourth-order valence-corrected chi connectivity index (χ4v) is 5.08. The van der Waals surface area contributed by atoms with Gasteiger partial charge in [0, 0.05) is 25.3 Å². The summed E-state index contributed by atoms with van der Waals surface area (Å²) in [4.78, 5) is 13.1. The number of hydrogen-bond donors (Lipinski definition) is 2. The molecule has 122 valence electrons. The number of hydrogen-bond acceptors (Lipinski definition) is 6. The summed E-state index contributed by atoms with van der Waals surface area (Å²) >= 11 is 0.627. The second kappa shape index (κ2) is 7.01. The van der Waals surface area contributed by atoms with Crippen LogP contribution in [0.15, 0.2) is 9.00 Å². The zero-order chi connectivity index (χ0) is 16.3. The third kappa shape index (κ3) is 5.18. The summed E-state index contributed by atoms with van der Waals surface area (Å²) in [5.41, 5.74) is 0.295. The quantitative estimate of drug-likeness (QED) is 0.619. The Bertz CT molecular complexity index is 732. The molecule has 21 heavy (non-hydrogen) atoms. The summed E-state index contributed by atoms with van der Waals surface area (Å²) < 4.78 is 50.3. The molecule has 0 aliphatic heterocycles. The predicted octanol–water partition coefficient (Wildman–Crippen LogP) is -0.305. The smallest absolute Gasteiger partial charge is 0.305 e. The Labute approximate surface area is 128 Å². The number of sulfonamides is 2. The first-order chi connectivity index (χ1) is 9.58. The number of rotatable bonds is 8. The lowest BCUT2D eigenvalue weighted by Gasteiger charge is -2.17. The van der Waals surface area contributed by atoms with E-state index >= 15 is 0 Å². The molecule has 0 fully saturated rings. The maximum Gasteiger partial charge on any atom is 0.305 e. The SMILES string of the molecule is CCN(CCCNS(=O)(=O)c1sc(=O)[nH]c1C)S(C)(=O)=O. The van der Waals surface area contributed by atoms with Gasteiger partial charge in [-0.25, -0.2) is 25.9 Å². The van der Waals surface area contributed by atoms with Crippen molar-refractivity contribution in [3.05, 3.63) is 15.4 Å². The maximum atomic E-state index is 12.0. The predicted molar refractivity (Wildman–Crippen MR) is 81.6 cm³/mol. The summed E-state index contributed by atoms with van der Waals surface area (Å²) in [5.74, 6) is 0. The second-order valence-electron chi connectivity index (χ2n) is 4.43. The van der Waals surface area contributed by atoms with Crippen molar-refractivity contribution in [3.63, 3.8) is 0 Å². The zero-order valence-electron chi connectivity index (χ0n) is 12.0. The van der Waals surface area contributed by atoms with Crippen LogP contribution in [0.1, 0.15) is 19.0 Å². The fraction of sp³-hybridized carbons (Fsp3) is 0.700. The van der Waals surface area contributed by atoms with Crippen LogP contribution in [-0.2, 0) is 20.0 Å². The molecule has 0 aliphatic carbocycles. The molecule has 8 nitrogen and oxygen atoms in total. The molecule has 0 spiro atoms. The van der Waals surface area contributed by atoms with E-state index in [1.54, 1.807) is 6.92 Å². The van der Waals surface area contributed by atoms with Gasteiger partial charge in [-0.3, -0.25) is 4.79 Å². The van der Waals surface area contributed by atoms with E-state index in [1.165, 1.54) is 11.2 Å². The van der Waals surface area contributed by atoms with Gasteiger partial charge in [-0.2, -0.15) is 0 Å². The largest absolute Gasteiger partial charge is 0.315 e. The molecule has 0 saturated carbocycles. The summed E-state index contributed by atoms with van der Waals surface area (Å²) in [5, 5.41) is 0. The number of aryl methyl sites for hydroxylation is 1. The first-order valence-corrected chi connectivity index (χ1v) is 10.4. The van der Waals surface area contributed by atoms with Crippen LogP contribution in [-0.4, -0.2) is 52.0 Å². The Morgan fingerprint density at radius 1 is 1.29 bits per heavy atom. The highest BCUT2D eigenvalue weighted by Gasteiger charge is 2.20. The van der Waals surface area contributed by atoms with Gasteiger partial charge < -0.3 is 4.98 Å². The number of aromatic amines is 1. The number of thiazole rings is 1. The van der Waals surface area contributed by atoms with Crippen molar-refractivity contribution in [2.45, 2.75) is 24.5 Å². The summed E-state index contributed by atoms with van der Waals surface area (Å²) in [6, 6.07) is 0. The normalized spacial score (nSPS) is 13.0. The van der Waals surface area contributed by atoms with E-state index < -0.39 is 24.9 Å². The maximum absolute atomic E-state index is 12.0. The van der Waals surface area contributed by atoms with E-state index in [4.69, 9.17) is 0 Å². The van der Waals surface area contributed by atoms with Crippen molar-refractivity contribution >= 4 is 31.4 Å². The lowest BCUT2D eigenvalue weighted by Crippen LogP contribution is -2.33. The topological polar surface area (TPSA) is 116 Å². The number of H-pyrrole nitrogens is 1. The van der Waals surface area contributed by atoms with E-state index in [0.29, 0.717) is 30.0 Å². The van der Waals surface area contributed by atoms with E-state index in [1.807, 2.05) is 0 Å². The molecule has 0 radical (unpaired) electrons. The van der Waals surface area contributed by atoms with Gasteiger partial charge in [-0.1, -0.05) is 18.3 Å². The first-order valence-electron chi connectivity index (χ1n) is 6.22. The summed E-state index contributed by atoms with van der Waals surface area (Å²) in [7, 11) is -7.02. The molecule has 0 atom stereocenters. The third-order valence-corrected chi connectivity index (χ3v) is 7.17. The van der Waals surface area contributed by atoms with Gasteiger partial charge >= 0.3 is 4.87 Å². The Kier molecular flexibility index (Phi) is 6.11. The molecule has 0 amide bonds. The molecule has 0 unspecified atom stereocenters.